The summed E-state index contributed by atoms with van der Waals surface area (Å²) in [4.78, 5) is 13.4. The Bertz CT molecular complexity index is 404. The van der Waals surface area contributed by atoms with Gasteiger partial charge in [-0.15, -0.1) is 0 Å². The lowest BCUT2D eigenvalue weighted by Crippen LogP contribution is -2.23. The van der Waals surface area contributed by atoms with Gasteiger partial charge in [0.15, 0.2) is 0 Å². The van der Waals surface area contributed by atoms with Crippen molar-refractivity contribution in [2.75, 3.05) is 20.7 Å². The summed E-state index contributed by atoms with van der Waals surface area (Å²) in [6, 6.07) is 5.87. The van der Waals surface area contributed by atoms with Gasteiger partial charge in [-0.25, -0.2) is 8.78 Å². The number of nitrogens with zero attached hydrogens (tertiary/aromatic N) is 1. The van der Waals surface area contributed by atoms with Crippen molar-refractivity contribution in [2.45, 2.75) is 25.8 Å². The van der Waals surface area contributed by atoms with E-state index in [1.807, 2.05) is 19.0 Å². The van der Waals surface area contributed by atoms with Crippen molar-refractivity contribution in [3.63, 3.8) is 0 Å². The van der Waals surface area contributed by atoms with E-state index in [9.17, 15) is 13.6 Å². The van der Waals surface area contributed by atoms with Gasteiger partial charge in [0.25, 0.3) is 6.43 Å². The first kappa shape index (κ1) is 15.6. The van der Waals surface area contributed by atoms with Crippen molar-refractivity contribution in [3.8, 4) is 0 Å². The Hall–Kier alpha value is -1.49. The van der Waals surface area contributed by atoms with Crippen LogP contribution in [-0.4, -0.2) is 31.6 Å². The van der Waals surface area contributed by atoms with E-state index in [0.717, 1.165) is 5.56 Å². The third kappa shape index (κ3) is 4.59. The highest BCUT2D eigenvalue weighted by atomic mass is 19.3. The molecule has 0 saturated heterocycles. The van der Waals surface area contributed by atoms with Gasteiger partial charge in [-0.3, -0.25) is 4.79 Å². The SMILES string of the molecule is CCOC(=O)CC(c1ccc(C(F)F)cc1)N(C)C. The highest BCUT2D eigenvalue weighted by Crippen LogP contribution is 2.25. The quantitative estimate of drug-likeness (QED) is 0.744. The van der Waals surface area contributed by atoms with E-state index in [0.29, 0.717) is 6.61 Å². The Morgan fingerprint density at radius 3 is 2.16 bits per heavy atom. The standard InChI is InChI=1S/C14H19F2NO2/c1-4-19-13(18)9-12(17(2)3)10-5-7-11(8-6-10)14(15)16/h5-8,12,14H,4,9H2,1-3H3. The molecule has 0 bridgehead atoms. The number of hydrogen-bond donors (Lipinski definition) is 0. The molecule has 0 spiro atoms. The first-order valence-corrected chi connectivity index (χ1v) is 6.15. The zero-order valence-electron chi connectivity index (χ0n) is 11.4. The molecular formula is C14H19F2NO2. The van der Waals surface area contributed by atoms with Gasteiger partial charge in [0.05, 0.1) is 13.0 Å². The molecule has 5 heteroatoms. The van der Waals surface area contributed by atoms with E-state index in [4.69, 9.17) is 4.74 Å². The number of carbonyl (C=O) groups excluding carboxylic acids is 1. The maximum absolute atomic E-state index is 12.5. The van der Waals surface area contributed by atoms with Crippen molar-refractivity contribution in [2.24, 2.45) is 0 Å². The average Bonchev–Trinajstić information content (AvgIpc) is 2.36. The molecule has 19 heavy (non-hydrogen) atoms. The van der Waals surface area contributed by atoms with Crippen LogP contribution < -0.4 is 0 Å². The van der Waals surface area contributed by atoms with Gasteiger partial charge in [-0.1, -0.05) is 24.3 Å². The lowest BCUT2D eigenvalue weighted by Gasteiger charge is -2.24. The molecule has 0 fully saturated rings. The van der Waals surface area contributed by atoms with Crippen molar-refractivity contribution in [3.05, 3.63) is 35.4 Å². The number of benzene rings is 1. The fourth-order valence-corrected chi connectivity index (χ4v) is 1.84. The Morgan fingerprint density at radius 1 is 1.21 bits per heavy atom. The Labute approximate surface area is 112 Å². The van der Waals surface area contributed by atoms with Crippen LogP contribution in [0, 0.1) is 0 Å². The van der Waals surface area contributed by atoms with E-state index >= 15 is 0 Å². The van der Waals surface area contributed by atoms with Gasteiger partial charge in [0, 0.05) is 11.6 Å². The maximum atomic E-state index is 12.5. The molecule has 3 nitrogen and oxygen atoms in total. The highest BCUT2D eigenvalue weighted by Gasteiger charge is 2.19. The normalized spacial score (nSPS) is 12.8. The van der Waals surface area contributed by atoms with Gasteiger partial charge in [0.1, 0.15) is 0 Å². The first-order valence-electron chi connectivity index (χ1n) is 6.15. The minimum atomic E-state index is -2.48. The number of hydrogen-bond acceptors (Lipinski definition) is 3. The third-order valence-electron chi connectivity index (χ3n) is 2.86. The van der Waals surface area contributed by atoms with Crippen LogP contribution in [0.25, 0.3) is 0 Å². The summed E-state index contributed by atoms with van der Waals surface area (Å²) >= 11 is 0. The second kappa shape index (κ2) is 7.19. The van der Waals surface area contributed by atoms with Crippen molar-refractivity contribution >= 4 is 5.97 Å². The molecule has 1 aromatic carbocycles. The Balaban J connectivity index is 2.84. The van der Waals surface area contributed by atoms with Gasteiger partial charge in [-0.05, 0) is 26.6 Å². The van der Waals surface area contributed by atoms with E-state index in [-0.39, 0.29) is 24.0 Å². The van der Waals surface area contributed by atoms with Crippen LogP contribution in [0.15, 0.2) is 24.3 Å². The molecule has 0 aliphatic heterocycles. The summed E-state index contributed by atoms with van der Waals surface area (Å²) in [6.07, 6.45) is -2.27. The number of ether oxygens (including phenoxy) is 1. The predicted octanol–water partition coefficient (Wildman–Crippen LogP) is 3.18. The molecule has 1 aromatic rings. The molecule has 106 valence electrons. The number of esters is 1. The molecule has 0 amide bonds. The van der Waals surface area contributed by atoms with Crippen LogP contribution in [0.2, 0.25) is 0 Å². The molecule has 0 heterocycles. The number of halogens is 2. The molecule has 0 radical (unpaired) electrons. The summed E-state index contributed by atoms with van der Waals surface area (Å²) in [5, 5.41) is 0. The highest BCUT2D eigenvalue weighted by molar-refractivity contribution is 5.70. The van der Waals surface area contributed by atoms with Gasteiger partial charge < -0.3 is 9.64 Å². The maximum Gasteiger partial charge on any atom is 0.307 e. The predicted molar refractivity (Wildman–Crippen MR) is 69.1 cm³/mol. The average molecular weight is 271 g/mol. The van der Waals surface area contributed by atoms with Crippen LogP contribution in [0.1, 0.15) is 36.9 Å². The van der Waals surface area contributed by atoms with E-state index in [1.54, 1.807) is 19.1 Å². The second-order valence-electron chi connectivity index (χ2n) is 4.46. The molecule has 0 aliphatic carbocycles. The van der Waals surface area contributed by atoms with Crippen LogP contribution in [-0.2, 0) is 9.53 Å². The number of rotatable bonds is 6. The molecule has 0 aromatic heterocycles. The third-order valence-corrected chi connectivity index (χ3v) is 2.86. The zero-order chi connectivity index (χ0) is 14.4. The summed E-state index contributed by atoms with van der Waals surface area (Å²) in [5.41, 5.74) is 0.805. The van der Waals surface area contributed by atoms with Gasteiger partial charge in [-0.2, -0.15) is 0 Å². The van der Waals surface area contributed by atoms with Crippen LogP contribution in [0.4, 0.5) is 8.78 Å². The molecule has 0 saturated carbocycles. The Morgan fingerprint density at radius 2 is 1.74 bits per heavy atom. The Kier molecular flexibility index (Phi) is 5.89. The summed E-state index contributed by atoms with van der Waals surface area (Å²) in [6.45, 7) is 2.09. The molecule has 0 aliphatic rings. The fraction of sp³-hybridized carbons (Fsp3) is 0.500. The molecular weight excluding hydrogens is 252 g/mol. The molecule has 1 unspecified atom stereocenters. The van der Waals surface area contributed by atoms with Crippen LogP contribution >= 0.6 is 0 Å². The fourth-order valence-electron chi connectivity index (χ4n) is 1.84. The lowest BCUT2D eigenvalue weighted by atomic mass is 10.0. The van der Waals surface area contributed by atoms with E-state index in [1.165, 1.54) is 12.1 Å². The van der Waals surface area contributed by atoms with Crippen LogP contribution in [0.3, 0.4) is 0 Å². The van der Waals surface area contributed by atoms with E-state index < -0.39 is 6.43 Å². The van der Waals surface area contributed by atoms with E-state index in [2.05, 4.69) is 0 Å². The number of alkyl halides is 2. The monoisotopic (exact) mass is 271 g/mol. The van der Waals surface area contributed by atoms with Crippen molar-refractivity contribution < 1.29 is 18.3 Å². The number of carbonyl (C=O) groups is 1. The largest absolute Gasteiger partial charge is 0.466 e. The van der Waals surface area contributed by atoms with Gasteiger partial charge >= 0.3 is 5.97 Å². The smallest absolute Gasteiger partial charge is 0.307 e. The zero-order valence-corrected chi connectivity index (χ0v) is 11.4. The van der Waals surface area contributed by atoms with Crippen molar-refractivity contribution in [1.29, 1.82) is 0 Å². The minimum absolute atomic E-state index is 0.0163. The minimum Gasteiger partial charge on any atom is -0.466 e. The summed E-state index contributed by atoms with van der Waals surface area (Å²) in [7, 11) is 3.68. The lowest BCUT2D eigenvalue weighted by molar-refractivity contribution is -0.144. The first-order chi connectivity index (χ1) is 8.95. The second-order valence-corrected chi connectivity index (χ2v) is 4.46. The van der Waals surface area contributed by atoms with Gasteiger partial charge in [0.2, 0.25) is 0 Å². The summed E-state index contributed by atoms with van der Waals surface area (Å²) in [5.74, 6) is -0.292. The van der Waals surface area contributed by atoms with Crippen LogP contribution in [0.5, 0.6) is 0 Å². The van der Waals surface area contributed by atoms with Crippen molar-refractivity contribution in [1.82, 2.24) is 4.90 Å². The molecule has 1 atom stereocenters. The topological polar surface area (TPSA) is 29.5 Å². The molecule has 0 N–H and O–H groups in total. The summed E-state index contributed by atoms with van der Waals surface area (Å²) < 4.78 is 29.9. The molecule has 1 rings (SSSR count).